The van der Waals surface area contributed by atoms with Gasteiger partial charge in [0.2, 0.25) is 0 Å². The third-order valence-electron chi connectivity index (χ3n) is 0.667. The maximum Gasteiger partial charge on any atom is 0 e. The Balaban J connectivity index is 0.000000360. The molecule has 0 bridgehead atoms. The predicted octanol–water partition coefficient (Wildman–Crippen LogP) is 0.574. The van der Waals surface area contributed by atoms with E-state index in [-0.39, 0.29) is 40.8 Å². The van der Waals surface area contributed by atoms with E-state index in [0.717, 1.165) is 0 Å². The van der Waals surface area contributed by atoms with Crippen molar-refractivity contribution in [1.82, 2.24) is 0 Å². The summed E-state index contributed by atoms with van der Waals surface area (Å²) < 4.78 is 4.67. The molecule has 1 aliphatic rings. The van der Waals surface area contributed by atoms with E-state index < -0.39 is 0 Å². The monoisotopic (exact) mass is 333 g/mol. The van der Waals surface area contributed by atoms with Gasteiger partial charge in [0, 0.05) is 17.1 Å². The van der Waals surface area contributed by atoms with Crippen LogP contribution in [0.5, 0.6) is 0 Å². The van der Waals surface area contributed by atoms with Crippen molar-refractivity contribution in [2.24, 2.45) is 0 Å². The van der Waals surface area contributed by atoms with Crippen molar-refractivity contribution in [3.63, 3.8) is 0 Å². The summed E-state index contributed by atoms with van der Waals surface area (Å²) in [5.74, 6) is 0. The maximum atomic E-state index is 2.33. The first-order chi connectivity index (χ1) is 3.00. The van der Waals surface area contributed by atoms with E-state index in [0.29, 0.717) is 0 Å². The largest absolute Gasteiger partial charge is 0 e. The third kappa shape index (κ3) is 3.38. The standard InChI is InChI=1S/C5H5.Cu.Tl/c1-3-5-4-2;;/h1-5H;;. The zero-order chi connectivity index (χ0) is 4.24. The summed E-state index contributed by atoms with van der Waals surface area (Å²) in [4.78, 5) is 0. The van der Waals surface area contributed by atoms with Gasteiger partial charge in [0.15, 0.2) is 0 Å². The van der Waals surface area contributed by atoms with Crippen LogP contribution in [0.15, 0.2) is 21.9 Å². The van der Waals surface area contributed by atoms with Crippen LogP contribution in [0.4, 0.5) is 0 Å². The zero-order valence-electron chi connectivity index (χ0n) is 3.77. The Bertz CT molecular complexity index is 77.5. The second kappa shape index (κ2) is 4.94. The van der Waals surface area contributed by atoms with Crippen molar-refractivity contribution in [3.8, 4) is 0 Å². The molecule has 0 saturated heterocycles. The molecule has 0 aromatic carbocycles. The summed E-state index contributed by atoms with van der Waals surface area (Å²) in [5, 5.41) is 0. The van der Waals surface area contributed by atoms with Crippen LogP contribution >= 0.6 is 0 Å². The third-order valence-corrected chi connectivity index (χ3v) is 4.12. The minimum atomic E-state index is -0.380. The van der Waals surface area contributed by atoms with E-state index in [4.69, 9.17) is 0 Å². The number of rotatable bonds is 0. The smallest absolute Gasteiger partial charge is 0 e. The van der Waals surface area contributed by atoms with Gasteiger partial charge in [-0.15, -0.1) is 0 Å². The van der Waals surface area contributed by atoms with Crippen LogP contribution in [0.3, 0.4) is 0 Å². The van der Waals surface area contributed by atoms with Crippen LogP contribution in [0, 0.1) is 0 Å². The van der Waals surface area contributed by atoms with E-state index in [2.05, 4.69) is 25.4 Å². The van der Waals surface area contributed by atoms with E-state index in [1.54, 1.807) is 0 Å². The minimum Gasteiger partial charge on any atom is 0 e. The fraction of sp³-hybridized carbons (Fsp3) is 0. The Hall–Kier alpha value is 0.792. The van der Waals surface area contributed by atoms with Gasteiger partial charge < -0.3 is 0 Å². The zero-order valence-corrected chi connectivity index (χ0v) is 9.20. The molecular weight excluding hydrogens is 328 g/mol. The normalized spacial score (nSPS) is 12.6. The molecule has 1 rings (SSSR count). The fourth-order valence-corrected chi connectivity index (χ4v) is 2.88. The van der Waals surface area contributed by atoms with Crippen molar-refractivity contribution >= 4 is 27.3 Å². The van der Waals surface area contributed by atoms with Crippen molar-refractivity contribution in [2.45, 2.75) is 0 Å². The molecule has 0 amide bonds. The average molecular weight is 333 g/mol. The summed E-state index contributed by atoms with van der Waals surface area (Å²) in [7, 11) is 0. The molecule has 1 aliphatic heterocycles. The van der Waals surface area contributed by atoms with Crippen LogP contribution in [0.25, 0.3) is 0 Å². The SMILES string of the molecule is C1=C[CH]=[Tl][CH]=C1.[Cu]. The molecule has 0 unspecified atom stereocenters. The van der Waals surface area contributed by atoms with Crippen LogP contribution in [-0.2, 0) is 17.1 Å². The molecule has 39 valence electrons. The van der Waals surface area contributed by atoms with Crippen molar-refractivity contribution in [1.29, 1.82) is 0 Å². The summed E-state index contributed by atoms with van der Waals surface area (Å²) in [5.41, 5.74) is 0. The molecule has 0 aromatic rings. The summed E-state index contributed by atoms with van der Waals surface area (Å²) in [6.07, 6.45) is 6.38. The van der Waals surface area contributed by atoms with Gasteiger partial charge in [-0.05, 0) is 0 Å². The molecule has 2 heteroatoms. The molecule has 0 fully saturated rings. The Kier molecular flexibility index (Phi) is 5.50. The Labute approximate surface area is 65.8 Å². The van der Waals surface area contributed by atoms with Crippen molar-refractivity contribution in [3.05, 3.63) is 21.9 Å². The minimum absolute atomic E-state index is 0. The Morgan fingerprint density at radius 1 is 1.00 bits per heavy atom. The summed E-state index contributed by atoms with van der Waals surface area (Å²) in [6, 6.07) is 0. The number of hydrogen-bond acceptors (Lipinski definition) is 0. The van der Waals surface area contributed by atoms with E-state index in [1.165, 1.54) is 0 Å². The van der Waals surface area contributed by atoms with Crippen LogP contribution in [0.2, 0.25) is 0 Å². The second-order valence-electron chi connectivity index (χ2n) is 1.15. The molecule has 0 aromatic heterocycles. The molecule has 0 atom stereocenters. The van der Waals surface area contributed by atoms with E-state index >= 15 is 0 Å². The van der Waals surface area contributed by atoms with E-state index in [1.807, 2.05) is 0 Å². The molecule has 0 spiro atoms. The van der Waals surface area contributed by atoms with Crippen molar-refractivity contribution < 1.29 is 17.1 Å². The van der Waals surface area contributed by atoms with Crippen LogP contribution in [0.1, 0.15) is 0 Å². The molecular formula is C5H5CuTl. The second-order valence-corrected chi connectivity index (χ2v) is 5.64. The van der Waals surface area contributed by atoms with Gasteiger partial charge in [-0.1, -0.05) is 0 Å². The molecule has 0 saturated carbocycles. The Morgan fingerprint density at radius 3 is 2.00 bits per heavy atom. The van der Waals surface area contributed by atoms with Crippen molar-refractivity contribution in [2.75, 3.05) is 0 Å². The number of allylic oxidation sites excluding steroid dienone is 3. The maximum absolute atomic E-state index is 2.33. The molecule has 0 aliphatic carbocycles. The van der Waals surface area contributed by atoms with Crippen LogP contribution in [-0.4, -0.2) is 27.3 Å². The molecule has 1 radical (unpaired) electrons. The van der Waals surface area contributed by atoms with Gasteiger partial charge in [0.1, 0.15) is 0 Å². The number of hydrogen-bond donors (Lipinski definition) is 0. The first-order valence-electron chi connectivity index (χ1n) is 2.00. The first kappa shape index (κ1) is 7.79. The van der Waals surface area contributed by atoms with Gasteiger partial charge in [0.05, 0.1) is 0 Å². The quantitative estimate of drug-likeness (QED) is 0.569. The molecule has 0 N–H and O–H groups in total. The van der Waals surface area contributed by atoms with Gasteiger partial charge >= 0.3 is 49.2 Å². The topological polar surface area (TPSA) is 0 Å². The predicted molar refractivity (Wildman–Crippen MR) is 30.1 cm³/mol. The molecule has 0 nitrogen and oxygen atoms in total. The average Bonchev–Trinajstić information content (AvgIpc) is 1.72. The summed E-state index contributed by atoms with van der Waals surface area (Å²) in [6.45, 7) is 0. The van der Waals surface area contributed by atoms with Gasteiger partial charge in [-0.3, -0.25) is 0 Å². The summed E-state index contributed by atoms with van der Waals surface area (Å²) >= 11 is -0.380. The van der Waals surface area contributed by atoms with Gasteiger partial charge in [-0.25, -0.2) is 0 Å². The van der Waals surface area contributed by atoms with Gasteiger partial charge in [-0.2, -0.15) is 0 Å². The van der Waals surface area contributed by atoms with Gasteiger partial charge in [0.25, 0.3) is 0 Å². The fourth-order valence-electron chi connectivity index (χ4n) is 0.385. The molecule has 7 heavy (non-hydrogen) atoms. The van der Waals surface area contributed by atoms with E-state index in [9.17, 15) is 0 Å². The Morgan fingerprint density at radius 2 is 1.86 bits per heavy atom. The first-order valence-corrected chi connectivity index (χ1v) is 7.18. The van der Waals surface area contributed by atoms with Crippen LogP contribution < -0.4 is 0 Å². The molecule has 1 heterocycles.